The maximum Gasteiger partial charge on any atom is 0.304 e. The minimum absolute atomic E-state index is 0.433. The summed E-state index contributed by atoms with van der Waals surface area (Å²) in [6.45, 7) is 0. The molecule has 0 aliphatic rings. The fraction of sp³-hybridized carbons (Fsp3) is 0. The van der Waals surface area contributed by atoms with Gasteiger partial charge in [0.1, 0.15) is 4.21 Å². The molecule has 1 aromatic heterocycles. The van der Waals surface area contributed by atoms with Crippen molar-refractivity contribution >= 4 is 31.5 Å². The number of hydrogen-bond donors (Lipinski definition) is 3. The molecular formula is C4H5NO6S3. The minimum Gasteiger partial charge on any atom is -0.302 e. The topological polar surface area (TPSA) is 121 Å². The summed E-state index contributed by atoms with van der Waals surface area (Å²) < 4.78 is 51.0. The predicted molar refractivity (Wildman–Crippen MR) is 46.2 cm³/mol. The molecule has 3 N–H and O–H groups in total. The van der Waals surface area contributed by atoms with E-state index in [-0.39, 0.29) is 0 Å². The van der Waals surface area contributed by atoms with E-state index >= 15 is 0 Å². The average molecular weight is 259 g/mol. The van der Waals surface area contributed by atoms with Crippen LogP contribution in [0.4, 0.5) is 0 Å². The molecule has 1 heterocycles. The first-order chi connectivity index (χ1) is 6.27. The van der Waals surface area contributed by atoms with Crippen LogP contribution in [-0.4, -0.2) is 26.6 Å². The lowest BCUT2D eigenvalue weighted by atomic mass is 10.7. The van der Waals surface area contributed by atoms with Crippen molar-refractivity contribution in [2.75, 3.05) is 0 Å². The zero-order valence-corrected chi connectivity index (χ0v) is 8.86. The number of nitrogens with one attached hydrogen (secondary N) is 1. The Labute approximate surface area is 83.8 Å². The Balaban J connectivity index is 3.27. The highest BCUT2D eigenvalue weighted by Gasteiger charge is 2.19. The van der Waals surface area contributed by atoms with Gasteiger partial charge in [0.2, 0.25) is 0 Å². The molecule has 1 aromatic rings. The predicted octanol–water partition coefficient (Wildman–Crippen LogP) is -0.338. The maximum absolute atomic E-state index is 10.9. The molecule has 7 nitrogen and oxygen atoms in total. The number of thiophene rings is 1. The summed E-state index contributed by atoms with van der Waals surface area (Å²) in [6, 6.07) is 0.735. The van der Waals surface area contributed by atoms with Crippen molar-refractivity contribution in [1.29, 1.82) is 0 Å². The van der Waals surface area contributed by atoms with Gasteiger partial charge in [0.05, 0.1) is 4.90 Å². The highest BCUT2D eigenvalue weighted by Crippen LogP contribution is 2.22. The third-order valence-corrected chi connectivity index (χ3v) is 4.75. The molecular weight excluding hydrogens is 254 g/mol. The summed E-state index contributed by atoms with van der Waals surface area (Å²) >= 11 is 0.530. The Morgan fingerprint density at radius 3 is 2.21 bits per heavy atom. The summed E-state index contributed by atoms with van der Waals surface area (Å²) in [5.74, 6) is 0. The van der Waals surface area contributed by atoms with Crippen molar-refractivity contribution in [1.82, 2.24) is 4.89 Å². The molecule has 14 heavy (non-hydrogen) atoms. The van der Waals surface area contributed by atoms with Crippen LogP contribution >= 0.6 is 11.3 Å². The quantitative estimate of drug-likeness (QED) is 0.504. The lowest BCUT2D eigenvalue weighted by Gasteiger charge is -1.94. The van der Waals surface area contributed by atoms with Gasteiger partial charge < -0.3 is 5.21 Å². The molecule has 0 radical (unpaired) electrons. The van der Waals surface area contributed by atoms with E-state index < -0.39 is 29.2 Å². The van der Waals surface area contributed by atoms with Crippen LogP contribution < -0.4 is 4.89 Å². The smallest absolute Gasteiger partial charge is 0.302 e. The lowest BCUT2D eigenvalue weighted by molar-refractivity contribution is 0.242. The monoisotopic (exact) mass is 259 g/mol. The normalized spacial score (nSPS) is 13.0. The van der Waals surface area contributed by atoms with Crippen LogP contribution in [0.2, 0.25) is 0 Å². The van der Waals surface area contributed by atoms with E-state index in [1.165, 1.54) is 0 Å². The molecule has 10 heteroatoms. The van der Waals surface area contributed by atoms with E-state index in [2.05, 4.69) is 0 Å². The van der Waals surface area contributed by atoms with Gasteiger partial charge in [0.25, 0.3) is 10.0 Å². The van der Waals surface area contributed by atoms with Crippen molar-refractivity contribution in [3.63, 3.8) is 0 Å². The molecule has 0 spiro atoms. The molecule has 0 aliphatic carbocycles. The zero-order valence-electron chi connectivity index (χ0n) is 6.41. The second-order valence-corrected chi connectivity index (χ2v) is 6.39. The molecule has 0 amide bonds. The Bertz CT molecular complexity index is 525. The Morgan fingerprint density at radius 1 is 1.29 bits per heavy atom. The van der Waals surface area contributed by atoms with E-state index in [9.17, 15) is 16.8 Å². The Morgan fingerprint density at radius 2 is 1.86 bits per heavy atom. The van der Waals surface area contributed by atoms with Gasteiger partial charge in [-0.2, -0.15) is 8.42 Å². The molecule has 0 unspecified atom stereocenters. The molecule has 0 bridgehead atoms. The van der Waals surface area contributed by atoms with Crippen LogP contribution in [-0.2, 0) is 20.1 Å². The van der Waals surface area contributed by atoms with Crippen LogP contribution in [0.15, 0.2) is 20.6 Å². The third kappa shape index (κ3) is 2.29. The zero-order chi connectivity index (χ0) is 11.0. The number of hydrogen-bond acceptors (Lipinski definition) is 6. The largest absolute Gasteiger partial charge is 0.304 e. The van der Waals surface area contributed by atoms with E-state index in [0.717, 1.165) is 16.3 Å². The van der Waals surface area contributed by atoms with Crippen molar-refractivity contribution in [2.24, 2.45) is 0 Å². The van der Waals surface area contributed by atoms with Crippen LogP contribution in [0.5, 0.6) is 0 Å². The van der Waals surface area contributed by atoms with Crippen molar-refractivity contribution in [2.45, 2.75) is 9.10 Å². The summed E-state index contributed by atoms with van der Waals surface area (Å²) in [4.78, 5) is 0.592. The Kier molecular flexibility index (Phi) is 2.94. The van der Waals surface area contributed by atoms with Gasteiger partial charge in [-0.05, 0) is 6.07 Å². The fourth-order valence-electron chi connectivity index (χ4n) is 0.629. The van der Waals surface area contributed by atoms with Crippen LogP contribution in [0.25, 0.3) is 0 Å². The van der Waals surface area contributed by atoms with Gasteiger partial charge in [-0.3, -0.25) is 4.55 Å². The van der Waals surface area contributed by atoms with Gasteiger partial charge >= 0.3 is 10.1 Å². The Hall–Kier alpha value is -0.520. The molecule has 0 atom stereocenters. The van der Waals surface area contributed by atoms with Gasteiger partial charge in [-0.15, -0.1) is 11.3 Å². The fourth-order valence-corrected chi connectivity index (χ4v) is 3.21. The molecule has 0 aliphatic heterocycles. The molecule has 0 saturated heterocycles. The number of rotatable bonds is 3. The molecule has 0 saturated carbocycles. The highest BCUT2D eigenvalue weighted by molar-refractivity contribution is 7.90. The molecule has 0 fully saturated rings. The third-order valence-electron chi connectivity index (χ3n) is 1.24. The maximum atomic E-state index is 10.9. The molecule has 0 aromatic carbocycles. The van der Waals surface area contributed by atoms with Gasteiger partial charge in [0.15, 0.2) is 0 Å². The standard InChI is InChI=1S/C4H5NO6S3/c6-5-13(7,8)3-1-4(12-2-3)14(9,10)11/h1-2,5-6H,(H,9,10,11). The minimum atomic E-state index is -4.41. The van der Waals surface area contributed by atoms with E-state index in [1.807, 2.05) is 0 Å². The van der Waals surface area contributed by atoms with Crippen LogP contribution in [0, 0.1) is 0 Å². The highest BCUT2D eigenvalue weighted by atomic mass is 32.3. The van der Waals surface area contributed by atoms with E-state index in [0.29, 0.717) is 11.3 Å². The van der Waals surface area contributed by atoms with Gasteiger partial charge in [-0.1, -0.05) is 4.89 Å². The average Bonchev–Trinajstić information content (AvgIpc) is 2.51. The first-order valence-corrected chi connectivity index (χ1v) is 6.79. The summed E-state index contributed by atoms with van der Waals surface area (Å²) in [7, 11) is -8.50. The summed E-state index contributed by atoms with van der Waals surface area (Å²) in [5.41, 5.74) is 0. The van der Waals surface area contributed by atoms with Crippen molar-refractivity contribution in [3.05, 3.63) is 11.4 Å². The summed E-state index contributed by atoms with van der Waals surface area (Å²) in [5, 5.41) is 9.19. The first kappa shape index (κ1) is 11.6. The second kappa shape index (κ2) is 3.56. The second-order valence-electron chi connectivity index (χ2n) is 2.17. The molecule has 1 rings (SSSR count). The molecule has 80 valence electrons. The van der Waals surface area contributed by atoms with Crippen molar-refractivity contribution < 1.29 is 26.6 Å². The van der Waals surface area contributed by atoms with Crippen molar-refractivity contribution in [3.8, 4) is 0 Å². The SMILES string of the molecule is O=S(=O)(O)c1cc(S(=O)(=O)NO)cs1. The van der Waals surface area contributed by atoms with Crippen LogP contribution in [0.3, 0.4) is 0 Å². The first-order valence-electron chi connectivity index (χ1n) is 2.99. The van der Waals surface area contributed by atoms with Gasteiger partial charge in [-0.25, -0.2) is 8.42 Å². The van der Waals surface area contributed by atoms with Gasteiger partial charge in [0, 0.05) is 5.38 Å². The van der Waals surface area contributed by atoms with E-state index in [4.69, 9.17) is 9.76 Å². The van der Waals surface area contributed by atoms with E-state index in [1.54, 1.807) is 0 Å². The summed E-state index contributed by atoms with van der Waals surface area (Å²) in [6.07, 6.45) is 0. The van der Waals surface area contributed by atoms with Crippen LogP contribution in [0.1, 0.15) is 0 Å². The lowest BCUT2D eigenvalue weighted by Crippen LogP contribution is -2.18. The number of sulfonamides is 1.